The highest BCUT2D eigenvalue weighted by molar-refractivity contribution is 7.98. The third kappa shape index (κ3) is 5.66. The Kier molecular flexibility index (Phi) is 7.56. The van der Waals surface area contributed by atoms with E-state index in [1.165, 1.54) is 40.1 Å². The number of nitrogens with zero attached hydrogens (tertiary/aromatic N) is 2. The van der Waals surface area contributed by atoms with Crippen LogP contribution >= 0.6 is 23.1 Å². The number of nitro groups is 1. The van der Waals surface area contributed by atoms with Crippen LogP contribution in [0.25, 0.3) is 0 Å². The lowest BCUT2D eigenvalue weighted by Gasteiger charge is -2.20. The topological polar surface area (TPSA) is 89.8 Å². The van der Waals surface area contributed by atoms with Gasteiger partial charge in [0.05, 0.1) is 21.9 Å². The number of carbonyl (C=O) groups excluding carboxylic acids is 2. The number of benzene rings is 1. The first kappa shape index (κ1) is 20.7. The molecule has 0 atom stereocenters. The van der Waals surface area contributed by atoms with Gasteiger partial charge in [0.25, 0.3) is 11.6 Å². The predicted molar refractivity (Wildman–Crippen MR) is 105 cm³/mol. The largest absolute Gasteiger partial charge is 0.452 e. The summed E-state index contributed by atoms with van der Waals surface area (Å²) in [4.78, 5) is 38.1. The number of hydrogen-bond donors (Lipinski definition) is 0. The molecular formula is C18H18N2O5S2. The molecule has 0 aliphatic carbocycles. The third-order valence-corrected chi connectivity index (χ3v) is 5.21. The lowest BCUT2D eigenvalue weighted by Crippen LogP contribution is -2.34. The van der Waals surface area contributed by atoms with E-state index < -0.39 is 17.5 Å². The normalized spacial score (nSPS) is 10.3. The Balaban J connectivity index is 2.02. The Labute approximate surface area is 164 Å². The summed E-state index contributed by atoms with van der Waals surface area (Å²) in [6.07, 6.45) is 3.30. The fourth-order valence-corrected chi connectivity index (χ4v) is 3.53. The molecule has 27 heavy (non-hydrogen) atoms. The van der Waals surface area contributed by atoms with Crippen LogP contribution < -0.4 is 0 Å². The number of ether oxygens (including phenoxy) is 1. The highest BCUT2D eigenvalue weighted by atomic mass is 32.2. The number of esters is 1. The molecule has 0 N–H and O–H groups in total. The second-order valence-corrected chi connectivity index (χ2v) is 7.24. The van der Waals surface area contributed by atoms with Crippen molar-refractivity contribution in [1.29, 1.82) is 0 Å². The Morgan fingerprint density at radius 1 is 1.41 bits per heavy atom. The summed E-state index contributed by atoms with van der Waals surface area (Å²) in [5.41, 5.74) is -0.143. The van der Waals surface area contributed by atoms with Gasteiger partial charge in [-0.15, -0.1) is 29.7 Å². The maximum Gasteiger partial charge on any atom is 0.338 e. The van der Waals surface area contributed by atoms with E-state index in [9.17, 15) is 19.7 Å². The SMILES string of the molecule is C=CCN(Cc1cccs1)C(=O)COC(=O)c1ccc(SC)c([N+](=O)[O-])c1. The van der Waals surface area contributed by atoms with Crippen LogP contribution in [0.5, 0.6) is 0 Å². The van der Waals surface area contributed by atoms with Gasteiger partial charge in [0.2, 0.25) is 0 Å². The van der Waals surface area contributed by atoms with Gasteiger partial charge in [0.15, 0.2) is 6.61 Å². The molecule has 1 aromatic carbocycles. The fraction of sp³-hybridized carbons (Fsp3) is 0.222. The number of hydrogen-bond acceptors (Lipinski definition) is 7. The monoisotopic (exact) mass is 406 g/mol. The van der Waals surface area contributed by atoms with Crippen molar-refractivity contribution >= 4 is 40.7 Å². The van der Waals surface area contributed by atoms with Crippen molar-refractivity contribution in [2.24, 2.45) is 0 Å². The highest BCUT2D eigenvalue weighted by Crippen LogP contribution is 2.28. The summed E-state index contributed by atoms with van der Waals surface area (Å²) in [7, 11) is 0. The zero-order chi connectivity index (χ0) is 19.8. The Morgan fingerprint density at radius 2 is 2.19 bits per heavy atom. The van der Waals surface area contributed by atoms with Crippen molar-refractivity contribution in [3.05, 3.63) is 68.9 Å². The van der Waals surface area contributed by atoms with Gasteiger partial charge in [-0.1, -0.05) is 12.1 Å². The van der Waals surface area contributed by atoms with Crippen LogP contribution in [0, 0.1) is 10.1 Å². The molecule has 0 saturated carbocycles. The molecule has 142 valence electrons. The molecular weight excluding hydrogens is 388 g/mol. The van der Waals surface area contributed by atoms with E-state index in [1.54, 1.807) is 12.3 Å². The number of carbonyl (C=O) groups is 2. The third-order valence-electron chi connectivity index (χ3n) is 3.57. The molecule has 0 aliphatic heterocycles. The maximum absolute atomic E-state index is 12.4. The van der Waals surface area contributed by atoms with Crippen molar-refractivity contribution in [2.45, 2.75) is 11.4 Å². The number of amides is 1. The quantitative estimate of drug-likeness (QED) is 0.207. The van der Waals surface area contributed by atoms with Crippen molar-refractivity contribution < 1.29 is 19.2 Å². The fourth-order valence-electron chi connectivity index (χ4n) is 2.26. The minimum Gasteiger partial charge on any atom is -0.452 e. The zero-order valence-electron chi connectivity index (χ0n) is 14.6. The molecule has 1 heterocycles. The van der Waals surface area contributed by atoms with E-state index in [-0.39, 0.29) is 17.2 Å². The lowest BCUT2D eigenvalue weighted by atomic mass is 10.2. The molecule has 0 unspecified atom stereocenters. The molecule has 0 bridgehead atoms. The Bertz CT molecular complexity index is 836. The molecule has 2 aromatic rings. The van der Waals surface area contributed by atoms with Gasteiger partial charge in [-0.2, -0.15) is 0 Å². The molecule has 2 rings (SSSR count). The molecule has 0 fully saturated rings. The smallest absolute Gasteiger partial charge is 0.338 e. The van der Waals surface area contributed by atoms with Crippen LogP contribution in [0.4, 0.5) is 5.69 Å². The van der Waals surface area contributed by atoms with Gasteiger partial charge < -0.3 is 9.64 Å². The number of thioether (sulfide) groups is 1. The summed E-state index contributed by atoms with van der Waals surface area (Å²) in [5, 5.41) is 13.0. The second-order valence-electron chi connectivity index (χ2n) is 5.36. The molecule has 1 amide bonds. The van der Waals surface area contributed by atoms with E-state index in [2.05, 4.69) is 6.58 Å². The number of rotatable bonds is 9. The average molecular weight is 406 g/mol. The summed E-state index contributed by atoms with van der Waals surface area (Å²) in [5.74, 6) is -1.15. The first-order valence-corrected chi connectivity index (χ1v) is 9.97. The summed E-state index contributed by atoms with van der Waals surface area (Å²) < 4.78 is 5.05. The van der Waals surface area contributed by atoms with Gasteiger partial charge in [0.1, 0.15) is 0 Å². The minimum absolute atomic E-state index is 0.0285. The van der Waals surface area contributed by atoms with Gasteiger partial charge in [-0.25, -0.2) is 4.79 Å². The first-order chi connectivity index (χ1) is 13.0. The van der Waals surface area contributed by atoms with Crippen molar-refractivity contribution in [1.82, 2.24) is 4.90 Å². The Hall–Kier alpha value is -2.65. The average Bonchev–Trinajstić information content (AvgIpc) is 3.18. The van der Waals surface area contributed by atoms with Gasteiger partial charge in [-0.3, -0.25) is 14.9 Å². The summed E-state index contributed by atoms with van der Waals surface area (Å²) in [6, 6.07) is 7.89. The van der Waals surface area contributed by atoms with Crippen LogP contribution in [0.15, 0.2) is 53.3 Å². The van der Waals surface area contributed by atoms with Crippen molar-refractivity contribution in [3.63, 3.8) is 0 Å². The predicted octanol–water partition coefficient (Wildman–Crippen LogP) is 3.75. The van der Waals surface area contributed by atoms with Crippen LogP contribution in [0.1, 0.15) is 15.2 Å². The molecule has 9 heteroatoms. The van der Waals surface area contributed by atoms with E-state index in [0.717, 1.165) is 10.9 Å². The van der Waals surface area contributed by atoms with Gasteiger partial charge >= 0.3 is 5.97 Å². The van der Waals surface area contributed by atoms with Crippen LogP contribution in [-0.2, 0) is 16.1 Å². The molecule has 0 radical (unpaired) electrons. The van der Waals surface area contributed by atoms with Crippen LogP contribution in [0.3, 0.4) is 0 Å². The summed E-state index contributed by atoms with van der Waals surface area (Å²) >= 11 is 2.73. The molecule has 0 saturated heterocycles. The molecule has 0 aliphatic rings. The van der Waals surface area contributed by atoms with E-state index in [0.29, 0.717) is 18.0 Å². The highest BCUT2D eigenvalue weighted by Gasteiger charge is 2.20. The van der Waals surface area contributed by atoms with E-state index >= 15 is 0 Å². The van der Waals surface area contributed by atoms with Gasteiger partial charge in [0, 0.05) is 17.5 Å². The lowest BCUT2D eigenvalue weighted by molar-refractivity contribution is -0.387. The maximum atomic E-state index is 12.4. The minimum atomic E-state index is -0.784. The van der Waals surface area contributed by atoms with Crippen LogP contribution in [-0.4, -0.2) is 41.1 Å². The van der Waals surface area contributed by atoms with E-state index in [4.69, 9.17) is 4.74 Å². The Morgan fingerprint density at radius 3 is 2.78 bits per heavy atom. The number of nitro benzene ring substituents is 1. The zero-order valence-corrected chi connectivity index (χ0v) is 16.3. The summed E-state index contributed by atoms with van der Waals surface area (Å²) in [6.45, 7) is 3.90. The molecule has 1 aromatic heterocycles. The van der Waals surface area contributed by atoms with Crippen molar-refractivity contribution in [2.75, 3.05) is 19.4 Å². The number of thiophene rings is 1. The van der Waals surface area contributed by atoms with Crippen molar-refractivity contribution in [3.8, 4) is 0 Å². The standard InChI is InChI=1S/C18H18N2O5S2/c1-3-8-19(11-14-5-4-9-27-14)17(21)12-25-18(22)13-6-7-16(26-2)15(10-13)20(23)24/h3-7,9-10H,1,8,11-12H2,2H3. The molecule has 7 nitrogen and oxygen atoms in total. The molecule has 0 spiro atoms. The van der Waals surface area contributed by atoms with Crippen LogP contribution in [0.2, 0.25) is 0 Å². The van der Waals surface area contributed by atoms with E-state index in [1.807, 2.05) is 17.5 Å². The second kappa shape index (κ2) is 9.89. The van der Waals surface area contributed by atoms with Gasteiger partial charge in [-0.05, 0) is 29.8 Å². The first-order valence-electron chi connectivity index (χ1n) is 7.87.